The van der Waals surface area contributed by atoms with Gasteiger partial charge in [0.05, 0.1) is 0 Å². The van der Waals surface area contributed by atoms with Gasteiger partial charge in [-0.15, -0.1) is 0 Å². The number of rotatable bonds is 2. The molecule has 2 aromatic carbocycles. The summed E-state index contributed by atoms with van der Waals surface area (Å²) in [6, 6.07) is 10.8. The van der Waals surface area contributed by atoms with Crippen molar-refractivity contribution >= 4 is 9.52 Å². The largest absolute Gasteiger partial charge is 4.00 e. The summed E-state index contributed by atoms with van der Waals surface area (Å²) < 4.78 is 0. The molecule has 4 heteroatoms. The van der Waals surface area contributed by atoms with Crippen molar-refractivity contribution in [2.75, 3.05) is 0 Å². The minimum absolute atomic E-state index is 0. The van der Waals surface area contributed by atoms with Crippen molar-refractivity contribution in [3.8, 4) is 0 Å². The minimum Gasteiger partial charge on any atom is -1.00 e. The maximum atomic E-state index is 2.24. The van der Waals surface area contributed by atoms with Gasteiger partial charge >= 0.3 is 25.8 Å². The van der Waals surface area contributed by atoms with E-state index in [0.717, 1.165) is 9.52 Å². The summed E-state index contributed by atoms with van der Waals surface area (Å²) in [7, 11) is 0.750. The van der Waals surface area contributed by atoms with Crippen LogP contribution in [-0.4, -0.2) is 9.52 Å². The second-order valence-corrected chi connectivity index (χ2v) is 6.54. The van der Waals surface area contributed by atoms with Crippen LogP contribution in [0, 0.1) is 27.7 Å². The monoisotopic (exact) mass is 537 g/mol. The number of hydrogen-bond donors (Lipinski definition) is 0. The third-order valence-corrected chi connectivity index (χ3v) is 3.45. The fraction of sp³-hybridized carbons (Fsp3) is 0.474. The summed E-state index contributed by atoms with van der Waals surface area (Å²) in [5, 5.41) is 0. The van der Waals surface area contributed by atoms with Crippen LogP contribution in [0.15, 0.2) is 30.3 Å². The maximum absolute atomic E-state index is 2.24. The van der Waals surface area contributed by atoms with E-state index in [4.69, 9.17) is 0 Å². The fourth-order valence-electron chi connectivity index (χ4n) is 2.00. The first kappa shape index (κ1) is 31.2. The molecule has 0 heterocycles. The van der Waals surface area contributed by atoms with Crippen LogP contribution >= 0.6 is 0 Å². The Kier molecular flexibility index (Phi) is 25.3. The van der Waals surface area contributed by atoms with Crippen LogP contribution < -0.4 is 24.8 Å². The van der Waals surface area contributed by atoms with E-state index in [0.29, 0.717) is 0 Å². The third kappa shape index (κ3) is 13.3. The third-order valence-electron chi connectivity index (χ3n) is 3.45. The summed E-state index contributed by atoms with van der Waals surface area (Å²) in [5.41, 5.74) is 7.21. The maximum Gasteiger partial charge on any atom is 4.00 e. The molecule has 1 radical (unpaired) electrons. The molecule has 0 fully saturated rings. The number of aryl methyl sites for hydroxylation is 3. The molecule has 0 aliphatic heterocycles. The van der Waals surface area contributed by atoms with Crippen molar-refractivity contribution in [2.24, 2.45) is 0 Å². The topological polar surface area (TPSA) is 0 Å². The summed E-state index contributed by atoms with van der Waals surface area (Å²) in [6.45, 7) is 15.3. The van der Waals surface area contributed by atoms with E-state index in [1.54, 1.807) is 0 Å². The van der Waals surface area contributed by atoms with E-state index in [1.807, 2.05) is 0 Å². The molecule has 0 nitrogen and oxygen atoms in total. The Morgan fingerprint density at radius 1 is 1.00 bits per heavy atom. The molecular weight excluding hydrogens is 506 g/mol. The Bertz CT molecular complexity index is 439. The zero-order valence-electron chi connectivity index (χ0n) is 15.6. The van der Waals surface area contributed by atoms with Gasteiger partial charge in [-0.25, -0.2) is 12.1 Å². The van der Waals surface area contributed by atoms with Crippen LogP contribution in [0.1, 0.15) is 41.2 Å². The summed E-state index contributed by atoms with van der Waals surface area (Å²) in [4.78, 5) is 0. The second kappa shape index (κ2) is 18.7. The molecule has 0 spiro atoms. The molecule has 0 unspecified atom stereocenters. The molecule has 2 rings (SSSR count). The molecule has 0 aliphatic rings. The Morgan fingerprint density at radius 3 is 1.65 bits per heavy atom. The van der Waals surface area contributed by atoms with Gasteiger partial charge in [0.25, 0.3) is 0 Å². The van der Waals surface area contributed by atoms with Crippen LogP contribution in [0.5, 0.6) is 0 Å². The quantitative estimate of drug-likeness (QED) is 0.360. The summed E-state index contributed by atoms with van der Waals surface area (Å²) >= 11 is 0. The zero-order chi connectivity index (χ0) is 15.5. The Hall–Kier alpha value is 0.367. The van der Waals surface area contributed by atoms with Crippen molar-refractivity contribution < 1.29 is 50.7 Å². The zero-order valence-corrected chi connectivity index (χ0v) is 21.9. The first-order valence-electron chi connectivity index (χ1n) is 7.62. The molecule has 0 bridgehead atoms. The van der Waals surface area contributed by atoms with Crippen LogP contribution in [0.25, 0.3) is 0 Å². The molecule has 0 N–H and O–H groups in total. The normalized spacial score (nSPS) is 8.13. The molecule has 23 heavy (non-hydrogen) atoms. The second-order valence-electron chi connectivity index (χ2n) is 5.38. The van der Waals surface area contributed by atoms with Crippen molar-refractivity contribution in [3.63, 3.8) is 0 Å². The van der Waals surface area contributed by atoms with E-state index in [2.05, 4.69) is 78.0 Å². The van der Waals surface area contributed by atoms with Crippen LogP contribution in [0.4, 0.5) is 0 Å². The van der Waals surface area contributed by atoms with Gasteiger partial charge in [-0.3, -0.25) is 0 Å². The predicted octanol–water partition coefficient (Wildman–Crippen LogP) is -0.478. The van der Waals surface area contributed by atoms with Gasteiger partial charge < -0.3 is 24.8 Å². The summed E-state index contributed by atoms with van der Waals surface area (Å²) in [5.74, 6) is 0. The van der Waals surface area contributed by atoms with E-state index in [1.165, 1.54) is 40.7 Å². The number of hydrogen-bond acceptors (Lipinski definition) is 0. The van der Waals surface area contributed by atoms with Gasteiger partial charge in [-0.1, -0.05) is 60.6 Å². The van der Waals surface area contributed by atoms with Crippen molar-refractivity contribution in [3.05, 3.63) is 58.1 Å². The Labute approximate surface area is 178 Å². The molecule has 2 aromatic rings. The number of halogens is 2. The predicted molar refractivity (Wildman–Crippen MR) is 95.9 cm³/mol. The van der Waals surface area contributed by atoms with Crippen LogP contribution in [0.3, 0.4) is 0 Å². The van der Waals surface area contributed by atoms with E-state index in [9.17, 15) is 0 Å². The van der Waals surface area contributed by atoms with E-state index >= 15 is 0 Å². The Morgan fingerprint density at radius 2 is 1.43 bits per heavy atom. The fourth-order valence-corrected chi connectivity index (χ4v) is 2.00. The van der Waals surface area contributed by atoms with Crippen LogP contribution in [0.2, 0.25) is 13.1 Å². The van der Waals surface area contributed by atoms with Gasteiger partial charge in [-0.2, -0.15) is 46.0 Å². The van der Waals surface area contributed by atoms with E-state index < -0.39 is 0 Å². The molecule has 0 amide bonds. The molecule has 0 atom stereocenters. The molecule has 129 valence electrons. The van der Waals surface area contributed by atoms with E-state index in [-0.39, 0.29) is 50.7 Å². The van der Waals surface area contributed by atoms with Gasteiger partial charge in [-0.05, 0) is 0 Å². The summed E-state index contributed by atoms with van der Waals surface area (Å²) in [6.07, 6.45) is 2.48. The molecule has 0 saturated carbocycles. The molecule has 0 aromatic heterocycles. The molecule has 0 saturated heterocycles. The average molecular weight is 537 g/mol. The first-order valence-corrected chi connectivity index (χ1v) is 9.93. The average Bonchev–Trinajstić information content (AvgIpc) is 2.98. The SMILES string of the molecule is CCC[c-]1cccc1.C[SiH]C.Cc1c[c-](C)c(C)c1C.[Cl-].[Cl-].[Hf+4]. The minimum atomic E-state index is 0. The molecular formula is C19H31Cl2HfSi. The Balaban J connectivity index is -0.000000121. The standard InChI is InChI=1S/C9H13.C8H11.C2H7Si.2ClH.Hf/c1-6-5-7(2)9(4)8(6)3;1-2-5-8-6-3-4-7-8;1-3-2;;;/h5H,1-4H3;3-4,6-7H,2,5H2,1H3;3H,1-2H3;2*1H;/q2*-1;;;;+4/p-2. The van der Waals surface area contributed by atoms with Gasteiger partial charge in [0, 0.05) is 9.52 Å². The first-order chi connectivity index (χ1) is 9.47. The van der Waals surface area contributed by atoms with Gasteiger partial charge in [0.2, 0.25) is 0 Å². The van der Waals surface area contributed by atoms with Gasteiger partial charge in [0.15, 0.2) is 0 Å². The van der Waals surface area contributed by atoms with Gasteiger partial charge in [0.1, 0.15) is 0 Å². The van der Waals surface area contributed by atoms with Crippen LogP contribution in [-0.2, 0) is 32.3 Å². The smallest absolute Gasteiger partial charge is 1.00 e. The molecule has 0 aliphatic carbocycles. The van der Waals surface area contributed by atoms with Crippen molar-refractivity contribution in [1.29, 1.82) is 0 Å². The van der Waals surface area contributed by atoms with Crippen molar-refractivity contribution in [1.82, 2.24) is 0 Å². The van der Waals surface area contributed by atoms with Crippen molar-refractivity contribution in [2.45, 2.75) is 60.6 Å².